The number of rotatable bonds is 11. The molecule has 0 aromatic carbocycles. The smallest absolute Gasteiger partial charge is 0.239 e. The van der Waals surface area contributed by atoms with Gasteiger partial charge in [-0.15, -0.1) is 0 Å². The molecule has 0 unspecified atom stereocenters. The third kappa shape index (κ3) is 8.61. The van der Waals surface area contributed by atoms with Gasteiger partial charge < -0.3 is 21.5 Å². The van der Waals surface area contributed by atoms with Crippen LogP contribution in [0.5, 0.6) is 0 Å². The number of aliphatic hydroxyl groups excluding tert-OH is 1. The Hall–Kier alpha value is -1.93. The summed E-state index contributed by atoms with van der Waals surface area (Å²) in [6.07, 6.45) is 5.46. The number of aryl methyl sites for hydroxylation is 2. The number of aromatic nitrogens is 2. The van der Waals surface area contributed by atoms with Gasteiger partial charge in [0.1, 0.15) is 6.04 Å². The quantitative estimate of drug-likeness (QED) is 0.422. The van der Waals surface area contributed by atoms with Crippen LogP contribution in [0.4, 0.5) is 0 Å². The summed E-state index contributed by atoms with van der Waals surface area (Å²) in [5, 5.41) is 21.0. The number of hydrogen-bond donors (Lipinski definition) is 4. The second-order valence-electron chi connectivity index (χ2n) is 9.54. The third-order valence-electron chi connectivity index (χ3n) is 6.02. The molecule has 176 valence electrons. The molecule has 1 fully saturated rings. The number of carbonyl (C=O) groups excluding carboxylic acids is 2. The van der Waals surface area contributed by atoms with Crippen molar-refractivity contribution < 1.29 is 14.7 Å². The molecule has 1 aromatic heterocycles. The summed E-state index contributed by atoms with van der Waals surface area (Å²) < 4.78 is 1.73. The summed E-state index contributed by atoms with van der Waals surface area (Å²) in [6.45, 7) is 8.71. The van der Waals surface area contributed by atoms with Gasteiger partial charge in [-0.3, -0.25) is 14.3 Å². The van der Waals surface area contributed by atoms with Crippen molar-refractivity contribution >= 4 is 11.8 Å². The molecule has 1 heterocycles. The van der Waals surface area contributed by atoms with Gasteiger partial charge in [0.05, 0.1) is 30.8 Å². The van der Waals surface area contributed by atoms with Crippen LogP contribution in [0.15, 0.2) is 6.07 Å². The molecule has 3 atom stereocenters. The summed E-state index contributed by atoms with van der Waals surface area (Å²) in [5.41, 5.74) is 7.98. The van der Waals surface area contributed by atoms with E-state index in [1.807, 2.05) is 33.8 Å². The number of amides is 2. The van der Waals surface area contributed by atoms with Crippen LogP contribution in [0.25, 0.3) is 0 Å². The Morgan fingerprint density at radius 3 is 2.52 bits per heavy atom. The Morgan fingerprint density at radius 2 is 1.94 bits per heavy atom. The minimum atomic E-state index is -0.945. The van der Waals surface area contributed by atoms with Crippen molar-refractivity contribution in [2.45, 2.75) is 97.4 Å². The number of carbonyl (C=O) groups is 2. The van der Waals surface area contributed by atoms with E-state index in [1.54, 1.807) is 4.68 Å². The zero-order valence-electron chi connectivity index (χ0n) is 19.6. The lowest BCUT2D eigenvalue weighted by Gasteiger charge is -2.31. The van der Waals surface area contributed by atoms with E-state index in [4.69, 9.17) is 5.73 Å². The zero-order valence-corrected chi connectivity index (χ0v) is 19.6. The zero-order chi connectivity index (χ0) is 23.0. The minimum Gasteiger partial charge on any atom is -0.390 e. The topological polar surface area (TPSA) is 122 Å². The lowest BCUT2D eigenvalue weighted by atomic mass is 9.83. The van der Waals surface area contributed by atoms with Crippen molar-refractivity contribution in [3.8, 4) is 0 Å². The number of nitrogens with one attached hydrogen (secondary N) is 2. The highest BCUT2D eigenvalue weighted by atomic mass is 16.3. The molecule has 8 heteroatoms. The molecule has 1 aliphatic carbocycles. The first-order valence-electron chi connectivity index (χ1n) is 11.7. The van der Waals surface area contributed by atoms with E-state index in [9.17, 15) is 14.7 Å². The molecule has 0 spiro atoms. The molecule has 2 amide bonds. The summed E-state index contributed by atoms with van der Waals surface area (Å²) >= 11 is 0. The van der Waals surface area contributed by atoms with E-state index in [2.05, 4.69) is 15.7 Å². The van der Waals surface area contributed by atoms with Crippen LogP contribution in [0.2, 0.25) is 0 Å². The standard InChI is InChI=1S/C23H41N5O3/c1-15(2)13-25-22(30)12-21(29)20(11-18-8-6-5-7-9-18)26-23(31)19(24)14-28-17(4)10-16(3)27-28/h10,15,18-21,29H,5-9,11-14,24H2,1-4H3,(H,25,30)(H,26,31)/t19-,20-,21-/m0/s1. The molecule has 1 aromatic rings. The predicted molar refractivity (Wildman–Crippen MR) is 121 cm³/mol. The molecular formula is C23H41N5O3. The van der Waals surface area contributed by atoms with Crippen LogP contribution in [0.1, 0.15) is 70.2 Å². The van der Waals surface area contributed by atoms with Gasteiger partial charge in [0.15, 0.2) is 0 Å². The molecule has 0 saturated heterocycles. The summed E-state index contributed by atoms with van der Waals surface area (Å²) in [6, 6.07) is 0.663. The second kappa shape index (κ2) is 12.2. The van der Waals surface area contributed by atoms with Gasteiger partial charge in [0.2, 0.25) is 11.8 Å². The van der Waals surface area contributed by atoms with Crippen molar-refractivity contribution in [3.63, 3.8) is 0 Å². The fourth-order valence-corrected chi connectivity index (χ4v) is 4.24. The highest BCUT2D eigenvalue weighted by molar-refractivity contribution is 5.82. The molecular weight excluding hydrogens is 394 g/mol. The van der Waals surface area contributed by atoms with Gasteiger partial charge in [-0.1, -0.05) is 46.0 Å². The van der Waals surface area contributed by atoms with Gasteiger partial charge >= 0.3 is 0 Å². The molecule has 2 rings (SSSR count). The maximum absolute atomic E-state index is 12.8. The monoisotopic (exact) mass is 435 g/mol. The fraction of sp³-hybridized carbons (Fsp3) is 0.783. The Balaban J connectivity index is 1.99. The number of nitrogens with zero attached hydrogens (tertiary/aromatic N) is 2. The van der Waals surface area contributed by atoms with Crippen molar-refractivity contribution in [3.05, 3.63) is 17.5 Å². The van der Waals surface area contributed by atoms with Crippen LogP contribution in [-0.4, -0.2) is 51.4 Å². The Bertz CT molecular complexity index is 712. The number of aliphatic hydroxyl groups is 1. The van der Waals surface area contributed by atoms with Crippen molar-refractivity contribution in [1.29, 1.82) is 0 Å². The first-order valence-corrected chi connectivity index (χ1v) is 11.7. The van der Waals surface area contributed by atoms with E-state index in [-0.39, 0.29) is 24.8 Å². The highest BCUT2D eigenvalue weighted by Gasteiger charge is 2.29. The molecule has 8 nitrogen and oxygen atoms in total. The second-order valence-corrected chi connectivity index (χ2v) is 9.54. The van der Waals surface area contributed by atoms with Gasteiger partial charge in [0, 0.05) is 12.2 Å². The van der Waals surface area contributed by atoms with Crippen molar-refractivity contribution in [2.75, 3.05) is 6.54 Å². The molecule has 1 saturated carbocycles. The van der Waals surface area contributed by atoms with Crippen molar-refractivity contribution in [1.82, 2.24) is 20.4 Å². The largest absolute Gasteiger partial charge is 0.390 e. The van der Waals surface area contributed by atoms with E-state index in [1.165, 1.54) is 19.3 Å². The van der Waals surface area contributed by atoms with Crippen molar-refractivity contribution in [2.24, 2.45) is 17.6 Å². The Morgan fingerprint density at radius 1 is 1.26 bits per heavy atom. The first-order chi connectivity index (χ1) is 14.7. The van der Waals surface area contributed by atoms with E-state index >= 15 is 0 Å². The average Bonchev–Trinajstić information content (AvgIpc) is 3.03. The average molecular weight is 436 g/mol. The summed E-state index contributed by atoms with van der Waals surface area (Å²) in [5.74, 6) is 0.261. The Kier molecular flexibility index (Phi) is 9.96. The molecule has 5 N–H and O–H groups in total. The fourth-order valence-electron chi connectivity index (χ4n) is 4.24. The van der Waals surface area contributed by atoms with Gasteiger partial charge in [-0.05, 0) is 38.2 Å². The lowest BCUT2D eigenvalue weighted by molar-refractivity contribution is -0.127. The lowest BCUT2D eigenvalue weighted by Crippen LogP contribution is -2.52. The van der Waals surface area contributed by atoms with E-state index in [0.717, 1.165) is 24.2 Å². The maximum atomic E-state index is 12.8. The van der Waals surface area contributed by atoms with E-state index < -0.39 is 18.2 Å². The minimum absolute atomic E-state index is 0.0307. The predicted octanol–water partition coefficient (Wildman–Crippen LogP) is 1.81. The van der Waals surface area contributed by atoms with Crippen LogP contribution >= 0.6 is 0 Å². The molecule has 31 heavy (non-hydrogen) atoms. The maximum Gasteiger partial charge on any atom is 0.239 e. The van der Waals surface area contributed by atoms with Crippen LogP contribution in [0.3, 0.4) is 0 Å². The molecule has 1 aliphatic rings. The van der Waals surface area contributed by atoms with Crippen LogP contribution in [0, 0.1) is 25.7 Å². The van der Waals surface area contributed by atoms with Crippen LogP contribution < -0.4 is 16.4 Å². The van der Waals surface area contributed by atoms with Gasteiger partial charge in [-0.25, -0.2) is 0 Å². The first kappa shape index (κ1) is 25.3. The molecule has 0 radical (unpaired) electrons. The summed E-state index contributed by atoms with van der Waals surface area (Å²) in [4.78, 5) is 25.1. The van der Waals surface area contributed by atoms with Crippen LogP contribution in [-0.2, 0) is 16.1 Å². The Labute approximate surface area is 186 Å². The van der Waals surface area contributed by atoms with Gasteiger partial charge in [0.25, 0.3) is 0 Å². The number of hydrogen-bond acceptors (Lipinski definition) is 5. The molecule has 0 bridgehead atoms. The normalized spacial score (nSPS) is 17.9. The highest BCUT2D eigenvalue weighted by Crippen LogP contribution is 2.28. The SMILES string of the molecule is Cc1cc(C)n(C[C@H](N)C(=O)N[C@@H](CC2CCCCC2)[C@@H](O)CC(=O)NCC(C)C)n1. The van der Waals surface area contributed by atoms with E-state index in [0.29, 0.717) is 24.8 Å². The van der Waals surface area contributed by atoms with Gasteiger partial charge in [-0.2, -0.15) is 5.10 Å². The number of nitrogens with two attached hydrogens (primary N) is 1. The molecule has 0 aliphatic heterocycles. The third-order valence-corrected chi connectivity index (χ3v) is 6.02. The summed E-state index contributed by atoms with van der Waals surface area (Å²) in [7, 11) is 0.